The van der Waals surface area contributed by atoms with Crippen LogP contribution in [0.5, 0.6) is 0 Å². The van der Waals surface area contributed by atoms with E-state index in [4.69, 9.17) is 4.74 Å². The van der Waals surface area contributed by atoms with Crippen LogP contribution in [0.3, 0.4) is 0 Å². The van der Waals surface area contributed by atoms with Gasteiger partial charge in [-0.25, -0.2) is 4.79 Å². The molecule has 2 heterocycles. The number of carbonyl (C=O) groups is 1. The van der Waals surface area contributed by atoms with E-state index < -0.39 is 0 Å². The zero-order valence-corrected chi connectivity index (χ0v) is 10.0. The summed E-state index contributed by atoms with van der Waals surface area (Å²) in [5, 5.41) is 0. The summed E-state index contributed by atoms with van der Waals surface area (Å²) >= 11 is 0. The summed E-state index contributed by atoms with van der Waals surface area (Å²) in [6, 6.07) is 3.90. The predicted molar refractivity (Wildman–Crippen MR) is 63.5 cm³/mol. The quantitative estimate of drug-likeness (QED) is 0.767. The maximum atomic E-state index is 12.1. The molecule has 1 aliphatic rings. The average molecular weight is 235 g/mol. The first-order valence-corrected chi connectivity index (χ1v) is 5.74. The van der Waals surface area contributed by atoms with Gasteiger partial charge >= 0.3 is 6.03 Å². The van der Waals surface area contributed by atoms with Crippen molar-refractivity contribution in [1.82, 2.24) is 14.8 Å². The Labute approximate surface area is 101 Å². The normalized spacial score (nSPS) is 15.7. The van der Waals surface area contributed by atoms with Crippen LogP contribution in [0, 0.1) is 0 Å². The third kappa shape index (κ3) is 3.17. The first-order valence-electron chi connectivity index (χ1n) is 5.74. The Hall–Kier alpha value is -1.62. The number of hydrogen-bond donors (Lipinski definition) is 0. The van der Waals surface area contributed by atoms with E-state index in [0.717, 1.165) is 5.56 Å². The summed E-state index contributed by atoms with van der Waals surface area (Å²) in [5.74, 6) is 0. The van der Waals surface area contributed by atoms with Gasteiger partial charge in [0.1, 0.15) is 0 Å². The molecule has 0 atom stereocenters. The van der Waals surface area contributed by atoms with Crippen LogP contribution in [0.4, 0.5) is 4.79 Å². The number of aromatic nitrogens is 1. The number of nitrogens with zero attached hydrogens (tertiary/aromatic N) is 3. The highest BCUT2D eigenvalue weighted by atomic mass is 16.5. The molecule has 0 aromatic carbocycles. The first kappa shape index (κ1) is 11.9. The predicted octanol–water partition coefficient (Wildman–Crippen LogP) is 0.966. The molecule has 0 unspecified atom stereocenters. The van der Waals surface area contributed by atoms with Crippen molar-refractivity contribution in [3.8, 4) is 0 Å². The molecule has 1 fully saturated rings. The van der Waals surface area contributed by atoms with Crippen LogP contribution in [-0.2, 0) is 11.3 Å². The van der Waals surface area contributed by atoms with Gasteiger partial charge < -0.3 is 14.5 Å². The van der Waals surface area contributed by atoms with Crippen LogP contribution in [0.2, 0.25) is 0 Å². The Kier molecular flexibility index (Phi) is 3.93. The minimum absolute atomic E-state index is 0.0603. The molecule has 2 rings (SSSR count). The van der Waals surface area contributed by atoms with Crippen LogP contribution in [0.15, 0.2) is 24.5 Å². The number of rotatable bonds is 2. The molecule has 2 amide bonds. The summed E-state index contributed by atoms with van der Waals surface area (Å²) in [4.78, 5) is 19.6. The van der Waals surface area contributed by atoms with Gasteiger partial charge in [-0.3, -0.25) is 4.98 Å². The number of ether oxygens (including phenoxy) is 1. The highest BCUT2D eigenvalue weighted by Crippen LogP contribution is 2.06. The molecule has 92 valence electrons. The Morgan fingerprint density at radius 3 is 2.71 bits per heavy atom. The van der Waals surface area contributed by atoms with Crippen molar-refractivity contribution in [3.05, 3.63) is 30.1 Å². The van der Waals surface area contributed by atoms with E-state index in [1.54, 1.807) is 17.3 Å². The molecule has 1 aromatic rings. The molecular weight excluding hydrogens is 218 g/mol. The Morgan fingerprint density at radius 2 is 2.06 bits per heavy atom. The second-order valence-corrected chi connectivity index (χ2v) is 4.09. The van der Waals surface area contributed by atoms with E-state index in [-0.39, 0.29) is 6.03 Å². The van der Waals surface area contributed by atoms with Crippen LogP contribution in [0.1, 0.15) is 5.56 Å². The molecule has 17 heavy (non-hydrogen) atoms. The maximum Gasteiger partial charge on any atom is 0.320 e. The van der Waals surface area contributed by atoms with E-state index in [0.29, 0.717) is 32.8 Å². The van der Waals surface area contributed by atoms with E-state index in [1.807, 2.05) is 24.1 Å². The monoisotopic (exact) mass is 235 g/mol. The fourth-order valence-electron chi connectivity index (χ4n) is 1.83. The van der Waals surface area contributed by atoms with Gasteiger partial charge in [-0.05, 0) is 17.7 Å². The van der Waals surface area contributed by atoms with Crippen molar-refractivity contribution in [2.24, 2.45) is 0 Å². The van der Waals surface area contributed by atoms with Gasteiger partial charge in [0.2, 0.25) is 0 Å². The molecule has 0 aliphatic carbocycles. The number of pyridine rings is 1. The third-order valence-corrected chi connectivity index (χ3v) is 2.78. The molecule has 0 N–H and O–H groups in total. The minimum atomic E-state index is 0.0603. The van der Waals surface area contributed by atoms with Crippen LogP contribution in [-0.4, -0.2) is 54.2 Å². The number of carbonyl (C=O) groups excluding carboxylic acids is 1. The number of morpholine rings is 1. The lowest BCUT2D eigenvalue weighted by Gasteiger charge is -2.31. The molecule has 5 heteroatoms. The van der Waals surface area contributed by atoms with E-state index in [9.17, 15) is 4.79 Å². The molecule has 1 aliphatic heterocycles. The van der Waals surface area contributed by atoms with Crippen molar-refractivity contribution in [2.45, 2.75) is 6.54 Å². The third-order valence-electron chi connectivity index (χ3n) is 2.78. The zero-order valence-electron chi connectivity index (χ0n) is 10.0. The molecule has 5 nitrogen and oxygen atoms in total. The lowest BCUT2D eigenvalue weighted by atomic mass is 10.2. The van der Waals surface area contributed by atoms with Gasteiger partial charge in [-0.15, -0.1) is 0 Å². The Balaban J connectivity index is 1.90. The van der Waals surface area contributed by atoms with Crippen molar-refractivity contribution in [3.63, 3.8) is 0 Å². The molecule has 1 aromatic heterocycles. The highest BCUT2D eigenvalue weighted by molar-refractivity contribution is 5.74. The van der Waals surface area contributed by atoms with Gasteiger partial charge in [0, 0.05) is 39.1 Å². The maximum absolute atomic E-state index is 12.1. The van der Waals surface area contributed by atoms with Gasteiger partial charge in [-0.1, -0.05) is 0 Å². The second kappa shape index (κ2) is 5.63. The minimum Gasteiger partial charge on any atom is -0.378 e. The van der Waals surface area contributed by atoms with E-state index in [1.165, 1.54) is 0 Å². The summed E-state index contributed by atoms with van der Waals surface area (Å²) in [6.07, 6.45) is 3.48. The summed E-state index contributed by atoms with van der Waals surface area (Å²) in [6.45, 7) is 3.24. The average Bonchev–Trinajstić information content (AvgIpc) is 2.40. The molecular formula is C12H17N3O2. The van der Waals surface area contributed by atoms with Crippen LogP contribution in [0.25, 0.3) is 0 Å². The van der Waals surface area contributed by atoms with Crippen LogP contribution >= 0.6 is 0 Å². The molecule has 0 bridgehead atoms. The topological polar surface area (TPSA) is 45.7 Å². The summed E-state index contributed by atoms with van der Waals surface area (Å²) < 4.78 is 5.23. The highest BCUT2D eigenvalue weighted by Gasteiger charge is 2.20. The first-order chi connectivity index (χ1) is 8.27. The number of hydrogen-bond acceptors (Lipinski definition) is 3. The van der Waals surface area contributed by atoms with Gasteiger partial charge in [0.25, 0.3) is 0 Å². The lowest BCUT2D eigenvalue weighted by Crippen LogP contribution is -2.46. The van der Waals surface area contributed by atoms with Crippen molar-refractivity contribution >= 4 is 6.03 Å². The van der Waals surface area contributed by atoms with E-state index >= 15 is 0 Å². The molecule has 0 radical (unpaired) electrons. The summed E-state index contributed by atoms with van der Waals surface area (Å²) in [5.41, 5.74) is 1.09. The fraction of sp³-hybridized carbons (Fsp3) is 0.500. The SMILES string of the molecule is CN(Cc1ccncc1)C(=O)N1CCOCC1. The molecule has 0 spiro atoms. The second-order valence-electron chi connectivity index (χ2n) is 4.09. The van der Waals surface area contributed by atoms with Gasteiger partial charge in [0.15, 0.2) is 0 Å². The number of urea groups is 1. The number of amides is 2. The zero-order chi connectivity index (χ0) is 12.1. The van der Waals surface area contributed by atoms with Gasteiger partial charge in [0.05, 0.1) is 13.2 Å². The van der Waals surface area contributed by atoms with Crippen molar-refractivity contribution in [1.29, 1.82) is 0 Å². The Morgan fingerprint density at radius 1 is 1.41 bits per heavy atom. The Bertz CT molecular complexity index is 363. The summed E-state index contributed by atoms with van der Waals surface area (Å²) in [7, 11) is 1.82. The smallest absolute Gasteiger partial charge is 0.320 e. The van der Waals surface area contributed by atoms with E-state index in [2.05, 4.69) is 4.98 Å². The fourth-order valence-corrected chi connectivity index (χ4v) is 1.83. The lowest BCUT2D eigenvalue weighted by molar-refractivity contribution is 0.0448. The molecule has 1 saturated heterocycles. The van der Waals surface area contributed by atoms with Crippen molar-refractivity contribution in [2.75, 3.05) is 33.4 Å². The van der Waals surface area contributed by atoms with Crippen LogP contribution < -0.4 is 0 Å². The largest absolute Gasteiger partial charge is 0.378 e. The molecule has 0 saturated carbocycles. The van der Waals surface area contributed by atoms with Crippen molar-refractivity contribution < 1.29 is 9.53 Å². The standard InChI is InChI=1S/C12H17N3O2/c1-14(10-11-2-4-13-5-3-11)12(16)15-6-8-17-9-7-15/h2-5H,6-10H2,1H3. The van der Waals surface area contributed by atoms with Gasteiger partial charge in [-0.2, -0.15) is 0 Å².